The van der Waals surface area contributed by atoms with E-state index in [1.165, 1.54) is 5.56 Å². The fourth-order valence-electron chi connectivity index (χ4n) is 1.26. The Morgan fingerprint density at radius 2 is 2.14 bits per heavy atom. The van der Waals surface area contributed by atoms with Crippen LogP contribution >= 0.6 is 0 Å². The molecule has 0 fully saturated rings. The Morgan fingerprint density at radius 1 is 1.36 bits per heavy atom. The lowest BCUT2D eigenvalue weighted by atomic mass is 10.1. The Kier molecular flexibility index (Phi) is 4.17. The molecule has 0 aliphatic rings. The van der Waals surface area contributed by atoms with Crippen molar-refractivity contribution >= 4 is 5.97 Å². The summed E-state index contributed by atoms with van der Waals surface area (Å²) < 4.78 is 5.11. The molecule has 0 aromatic heterocycles. The van der Waals surface area contributed by atoms with Crippen LogP contribution in [0.2, 0.25) is 0 Å². The molecule has 2 nitrogen and oxygen atoms in total. The number of hydrogen-bond acceptors (Lipinski definition) is 2. The number of carbonyl (C=O) groups is 1. The maximum atomic E-state index is 11.0. The molecule has 0 spiro atoms. The molecular weight excluding hydrogens is 176 g/mol. The largest absolute Gasteiger partial charge is 0.427 e. The molecule has 1 aromatic rings. The third kappa shape index (κ3) is 3.21. The minimum atomic E-state index is -0.182. The highest BCUT2D eigenvalue weighted by atomic mass is 16.5. The van der Waals surface area contributed by atoms with E-state index >= 15 is 0 Å². The molecule has 0 bridgehead atoms. The van der Waals surface area contributed by atoms with Gasteiger partial charge < -0.3 is 4.74 Å². The van der Waals surface area contributed by atoms with E-state index in [2.05, 4.69) is 6.92 Å². The fourth-order valence-corrected chi connectivity index (χ4v) is 1.26. The summed E-state index contributed by atoms with van der Waals surface area (Å²) in [4.78, 5) is 11.0. The monoisotopic (exact) mass is 192 g/mol. The fraction of sp³-hybridized carbons (Fsp3) is 0.417. The summed E-state index contributed by atoms with van der Waals surface area (Å²) in [5.74, 6) is 0.474. The summed E-state index contributed by atoms with van der Waals surface area (Å²) in [5, 5.41) is 0. The molecule has 0 radical (unpaired) electrons. The van der Waals surface area contributed by atoms with Crippen LogP contribution in [0, 0.1) is 0 Å². The predicted octanol–water partition coefficient (Wildman–Crippen LogP) is 2.95. The molecule has 0 aliphatic carbocycles. The van der Waals surface area contributed by atoms with E-state index in [0.29, 0.717) is 12.2 Å². The molecule has 0 aliphatic heterocycles. The zero-order valence-electron chi connectivity index (χ0n) is 8.75. The maximum Gasteiger partial charge on any atom is 0.310 e. The molecule has 0 amide bonds. The van der Waals surface area contributed by atoms with Gasteiger partial charge in [0.25, 0.3) is 0 Å². The molecule has 0 saturated heterocycles. The average Bonchev–Trinajstić information content (AvgIpc) is 2.19. The van der Waals surface area contributed by atoms with Gasteiger partial charge in [0, 0.05) is 6.42 Å². The molecule has 76 valence electrons. The summed E-state index contributed by atoms with van der Waals surface area (Å²) in [5.41, 5.74) is 1.22. The van der Waals surface area contributed by atoms with Gasteiger partial charge in [0.15, 0.2) is 0 Å². The molecule has 0 saturated carbocycles. The van der Waals surface area contributed by atoms with Crippen molar-refractivity contribution < 1.29 is 9.53 Å². The van der Waals surface area contributed by atoms with Gasteiger partial charge in [-0.25, -0.2) is 0 Å². The van der Waals surface area contributed by atoms with Crippen LogP contribution in [0.4, 0.5) is 0 Å². The van der Waals surface area contributed by atoms with Gasteiger partial charge in [-0.2, -0.15) is 0 Å². The van der Waals surface area contributed by atoms with Gasteiger partial charge in [-0.05, 0) is 24.1 Å². The molecule has 0 heterocycles. The summed E-state index contributed by atoms with van der Waals surface area (Å²) in [6, 6.07) is 7.71. The van der Waals surface area contributed by atoms with E-state index in [1.807, 2.05) is 24.3 Å². The smallest absolute Gasteiger partial charge is 0.310 e. The van der Waals surface area contributed by atoms with Crippen LogP contribution in [0.5, 0.6) is 5.75 Å². The van der Waals surface area contributed by atoms with Crippen LogP contribution in [0.25, 0.3) is 0 Å². The van der Waals surface area contributed by atoms with Crippen LogP contribution in [-0.2, 0) is 11.2 Å². The molecule has 2 heteroatoms. The zero-order valence-corrected chi connectivity index (χ0v) is 8.75. The number of rotatable bonds is 4. The van der Waals surface area contributed by atoms with E-state index in [-0.39, 0.29) is 5.97 Å². The first-order chi connectivity index (χ1) is 6.76. The molecule has 1 rings (SSSR count). The van der Waals surface area contributed by atoms with Gasteiger partial charge in [-0.1, -0.05) is 32.4 Å². The quantitative estimate of drug-likeness (QED) is 0.541. The van der Waals surface area contributed by atoms with Crippen LogP contribution < -0.4 is 4.74 Å². The number of carbonyl (C=O) groups excluding carboxylic acids is 1. The van der Waals surface area contributed by atoms with Gasteiger partial charge in [0.2, 0.25) is 0 Å². The van der Waals surface area contributed by atoms with E-state index in [0.717, 1.165) is 12.8 Å². The van der Waals surface area contributed by atoms with Crippen molar-refractivity contribution in [3.05, 3.63) is 29.8 Å². The topological polar surface area (TPSA) is 26.3 Å². The van der Waals surface area contributed by atoms with Gasteiger partial charge in [-0.15, -0.1) is 0 Å². The summed E-state index contributed by atoms with van der Waals surface area (Å²) in [6.45, 7) is 3.92. The first-order valence-corrected chi connectivity index (χ1v) is 5.06. The Labute approximate surface area is 84.9 Å². The lowest BCUT2D eigenvalue weighted by molar-refractivity contribution is -0.134. The lowest BCUT2D eigenvalue weighted by Crippen LogP contribution is -2.05. The Morgan fingerprint density at radius 3 is 2.79 bits per heavy atom. The number of aryl methyl sites for hydroxylation is 1. The molecular formula is C12H16O2. The van der Waals surface area contributed by atoms with E-state index in [4.69, 9.17) is 4.74 Å². The third-order valence-corrected chi connectivity index (χ3v) is 1.96. The Balaban J connectivity index is 2.68. The predicted molar refractivity (Wildman–Crippen MR) is 56.4 cm³/mol. The van der Waals surface area contributed by atoms with Crippen LogP contribution in [0.15, 0.2) is 24.3 Å². The second kappa shape index (κ2) is 5.43. The zero-order chi connectivity index (χ0) is 10.4. The molecule has 0 unspecified atom stereocenters. The number of hydrogen-bond donors (Lipinski definition) is 0. The van der Waals surface area contributed by atoms with Crippen LogP contribution in [0.3, 0.4) is 0 Å². The molecule has 0 N–H and O–H groups in total. The standard InChI is InChI=1S/C12H16O2/c1-3-6-10-7-5-8-11(9-10)14-12(13)4-2/h5,7-9H,3-4,6H2,1-2H3. The Bertz CT molecular complexity index is 305. The van der Waals surface area contributed by atoms with Crippen molar-refractivity contribution in [1.29, 1.82) is 0 Å². The first-order valence-electron chi connectivity index (χ1n) is 5.06. The van der Waals surface area contributed by atoms with Crippen molar-refractivity contribution in [2.45, 2.75) is 33.1 Å². The number of esters is 1. The van der Waals surface area contributed by atoms with Crippen molar-refractivity contribution in [2.75, 3.05) is 0 Å². The first kappa shape index (κ1) is 10.8. The summed E-state index contributed by atoms with van der Waals surface area (Å²) >= 11 is 0. The van der Waals surface area contributed by atoms with Crippen LogP contribution in [-0.4, -0.2) is 5.97 Å². The highest BCUT2D eigenvalue weighted by Gasteiger charge is 2.01. The van der Waals surface area contributed by atoms with Crippen LogP contribution in [0.1, 0.15) is 32.3 Å². The van der Waals surface area contributed by atoms with Crippen molar-refractivity contribution in [3.8, 4) is 5.75 Å². The van der Waals surface area contributed by atoms with Gasteiger partial charge in [0.05, 0.1) is 0 Å². The second-order valence-corrected chi connectivity index (χ2v) is 3.23. The molecule has 0 atom stereocenters. The molecule has 14 heavy (non-hydrogen) atoms. The van der Waals surface area contributed by atoms with E-state index in [1.54, 1.807) is 6.92 Å². The van der Waals surface area contributed by atoms with Gasteiger partial charge in [-0.3, -0.25) is 4.79 Å². The van der Waals surface area contributed by atoms with Gasteiger partial charge >= 0.3 is 5.97 Å². The second-order valence-electron chi connectivity index (χ2n) is 3.23. The lowest BCUT2D eigenvalue weighted by Gasteiger charge is -2.04. The molecule has 1 aromatic carbocycles. The number of ether oxygens (including phenoxy) is 1. The minimum absolute atomic E-state index is 0.182. The maximum absolute atomic E-state index is 11.0. The Hall–Kier alpha value is -1.31. The average molecular weight is 192 g/mol. The highest BCUT2D eigenvalue weighted by Crippen LogP contribution is 2.15. The van der Waals surface area contributed by atoms with E-state index < -0.39 is 0 Å². The highest BCUT2D eigenvalue weighted by molar-refractivity contribution is 5.71. The SMILES string of the molecule is CCCc1cccc(OC(=O)CC)c1. The normalized spacial score (nSPS) is 9.86. The number of benzene rings is 1. The summed E-state index contributed by atoms with van der Waals surface area (Å²) in [7, 11) is 0. The van der Waals surface area contributed by atoms with Crippen molar-refractivity contribution in [3.63, 3.8) is 0 Å². The van der Waals surface area contributed by atoms with Crippen molar-refractivity contribution in [2.24, 2.45) is 0 Å². The van der Waals surface area contributed by atoms with Crippen molar-refractivity contribution in [1.82, 2.24) is 0 Å². The van der Waals surface area contributed by atoms with E-state index in [9.17, 15) is 4.79 Å². The summed E-state index contributed by atoms with van der Waals surface area (Å²) in [6.07, 6.45) is 2.54. The minimum Gasteiger partial charge on any atom is -0.427 e. The van der Waals surface area contributed by atoms with Gasteiger partial charge in [0.1, 0.15) is 5.75 Å². The third-order valence-electron chi connectivity index (χ3n) is 1.96.